The molecule has 0 fully saturated rings. The summed E-state index contributed by atoms with van der Waals surface area (Å²) in [4.78, 5) is 26.3. The van der Waals surface area contributed by atoms with E-state index in [1.165, 1.54) is 23.2 Å². The summed E-state index contributed by atoms with van der Waals surface area (Å²) in [5, 5.41) is 4.21. The average Bonchev–Trinajstić information content (AvgIpc) is 3.39. The minimum absolute atomic E-state index is 0.117. The molecule has 0 atom stereocenters. The van der Waals surface area contributed by atoms with Crippen LogP contribution in [0.15, 0.2) is 41.2 Å². The highest BCUT2D eigenvalue weighted by atomic mass is 19.4. The molecule has 8 nitrogen and oxygen atoms in total. The molecule has 0 saturated carbocycles. The zero-order valence-corrected chi connectivity index (χ0v) is 17.5. The molecule has 0 radical (unpaired) electrons. The third-order valence-electron chi connectivity index (χ3n) is 4.81. The third-order valence-corrected chi connectivity index (χ3v) is 4.81. The largest absolute Gasteiger partial charge is 0.471 e. The van der Waals surface area contributed by atoms with E-state index >= 15 is 0 Å². The number of halogens is 3. The molecule has 0 aliphatic rings. The van der Waals surface area contributed by atoms with Crippen LogP contribution in [0.1, 0.15) is 29.7 Å². The highest BCUT2D eigenvalue weighted by Crippen LogP contribution is 2.30. The van der Waals surface area contributed by atoms with Crippen molar-refractivity contribution in [3.63, 3.8) is 0 Å². The first-order chi connectivity index (χ1) is 15.2. The van der Waals surface area contributed by atoms with E-state index in [1.54, 1.807) is 32.4 Å². The minimum atomic E-state index is -4.72. The number of nitrogens with zero attached hydrogens (tertiary/aromatic N) is 6. The molecule has 0 aliphatic heterocycles. The van der Waals surface area contributed by atoms with Gasteiger partial charge in [-0.15, -0.1) is 0 Å². The van der Waals surface area contributed by atoms with Gasteiger partial charge in [0.2, 0.25) is 5.82 Å². The number of hydrogen-bond donors (Lipinski definition) is 0. The van der Waals surface area contributed by atoms with Crippen LogP contribution in [0, 0.1) is 0 Å². The molecule has 0 aliphatic carbocycles. The maximum Gasteiger partial charge on any atom is 0.471 e. The SMILES string of the molecule is CCCn1c(C(=O)N(C)C)cc2cc(-c3cc(-c4noc(C(F)(F)F)n4)ccn3)ncc21. The van der Waals surface area contributed by atoms with Crippen LogP contribution in [0.2, 0.25) is 0 Å². The average molecular weight is 444 g/mol. The number of carbonyl (C=O) groups excluding carboxylic acids is 1. The van der Waals surface area contributed by atoms with Crippen molar-refractivity contribution in [3.8, 4) is 22.8 Å². The van der Waals surface area contributed by atoms with Crippen molar-refractivity contribution in [2.24, 2.45) is 0 Å². The Labute approximate surface area is 180 Å². The maximum atomic E-state index is 12.8. The summed E-state index contributed by atoms with van der Waals surface area (Å²) in [5.74, 6) is -1.73. The molecule has 0 saturated heterocycles. The van der Waals surface area contributed by atoms with Gasteiger partial charge in [-0.05, 0) is 30.7 Å². The van der Waals surface area contributed by atoms with Crippen LogP contribution < -0.4 is 0 Å². The van der Waals surface area contributed by atoms with Crippen molar-refractivity contribution < 1.29 is 22.5 Å². The standard InChI is InChI=1S/C21H19F3N6O2/c1-4-7-30-16(19(31)29(2)3)10-13-9-15(26-11-17(13)30)14-8-12(5-6-25-14)18-27-20(32-28-18)21(22,23)24/h5-6,8-11H,4,7H2,1-3H3. The number of aryl methyl sites for hydroxylation is 1. The Balaban J connectivity index is 1.75. The summed E-state index contributed by atoms with van der Waals surface area (Å²) < 4.78 is 44.5. The van der Waals surface area contributed by atoms with E-state index in [9.17, 15) is 18.0 Å². The minimum Gasteiger partial charge on any atom is -0.343 e. The van der Waals surface area contributed by atoms with Crippen molar-refractivity contribution in [2.75, 3.05) is 14.1 Å². The molecule has 0 unspecified atom stereocenters. The fourth-order valence-electron chi connectivity index (χ4n) is 3.34. The summed E-state index contributed by atoms with van der Waals surface area (Å²) in [7, 11) is 3.38. The Morgan fingerprint density at radius 3 is 2.56 bits per heavy atom. The molecule has 4 rings (SSSR count). The molecule has 4 heterocycles. The Hall–Kier alpha value is -3.76. The van der Waals surface area contributed by atoms with E-state index in [-0.39, 0.29) is 11.7 Å². The van der Waals surface area contributed by atoms with Crippen LogP contribution in [0.4, 0.5) is 13.2 Å². The molecule has 32 heavy (non-hydrogen) atoms. The zero-order chi connectivity index (χ0) is 23.0. The number of hydrogen-bond acceptors (Lipinski definition) is 6. The van der Waals surface area contributed by atoms with Crippen LogP contribution in [0.25, 0.3) is 33.7 Å². The van der Waals surface area contributed by atoms with Crippen LogP contribution in [0.5, 0.6) is 0 Å². The first kappa shape index (κ1) is 21.5. The summed E-state index contributed by atoms with van der Waals surface area (Å²) in [5.41, 5.74) is 2.59. The third kappa shape index (κ3) is 3.93. The van der Waals surface area contributed by atoms with Crippen LogP contribution >= 0.6 is 0 Å². The Morgan fingerprint density at radius 2 is 1.91 bits per heavy atom. The Kier molecular flexibility index (Phi) is 5.41. The van der Waals surface area contributed by atoms with E-state index in [4.69, 9.17) is 0 Å². The number of alkyl halides is 3. The Morgan fingerprint density at radius 1 is 1.16 bits per heavy atom. The van der Waals surface area contributed by atoms with Crippen LogP contribution in [-0.4, -0.2) is 49.6 Å². The molecule has 0 spiro atoms. The normalized spacial score (nSPS) is 11.8. The van der Waals surface area contributed by atoms with Gasteiger partial charge < -0.3 is 14.0 Å². The van der Waals surface area contributed by atoms with Gasteiger partial charge in [-0.1, -0.05) is 12.1 Å². The summed E-state index contributed by atoms with van der Waals surface area (Å²) >= 11 is 0. The van der Waals surface area contributed by atoms with E-state index in [1.807, 2.05) is 11.5 Å². The second-order valence-electron chi connectivity index (χ2n) is 7.36. The molecule has 0 N–H and O–H groups in total. The molecule has 4 aromatic rings. The predicted octanol–water partition coefficient (Wildman–Crippen LogP) is 4.28. The highest BCUT2D eigenvalue weighted by molar-refractivity contribution is 5.99. The number of carbonyl (C=O) groups is 1. The van der Waals surface area contributed by atoms with Crippen molar-refractivity contribution >= 4 is 16.8 Å². The zero-order valence-electron chi connectivity index (χ0n) is 17.5. The number of amides is 1. The quantitative estimate of drug-likeness (QED) is 0.457. The van der Waals surface area contributed by atoms with Gasteiger partial charge in [0.1, 0.15) is 5.69 Å². The fourth-order valence-corrected chi connectivity index (χ4v) is 3.34. The van der Waals surface area contributed by atoms with Gasteiger partial charge >= 0.3 is 12.1 Å². The number of pyridine rings is 2. The second-order valence-corrected chi connectivity index (χ2v) is 7.36. The lowest BCUT2D eigenvalue weighted by Crippen LogP contribution is -2.24. The van der Waals surface area contributed by atoms with Gasteiger partial charge in [-0.25, -0.2) is 0 Å². The molecule has 0 aromatic carbocycles. The van der Waals surface area contributed by atoms with Crippen molar-refractivity contribution in [1.82, 2.24) is 29.6 Å². The van der Waals surface area contributed by atoms with Crippen molar-refractivity contribution in [3.05, 3.63) is 48.2 Å². The van der Waals surface area contributed by atoms with Crippen molar-refractivity contribution in [2.45, 2.75) is 26.1 Å². The smallest absolute Gasteiger partial charge is 0.343 e. The van der Waals surface area contributed by atoms with Gasteiger partial charge in [0, 0.05) is 37.8 Å². The monoisotopic (exact) mass is 444 g/mol. The lowest BCUT2D eigenvalue weighted by atomic mass is 10.1. The molecule has 4 aromatic heterocycles. The second kappa shape index (κ2) is 8.06. The topological polar surface area (TPSA) is 89.9 Å². The van der Waals surface area contributed by atoms with Crippen molar-refractivity contribution in [1.29, 1.82) is 0 Å². The molecular weight excluding hydrogens is 425 g/mol. The first-order valence-electron chi connectivity index (χ1n) is 9.77. The molecule has 0 bridgehead atoms. The molecule has 1 amide bonds. The Bertz CT molecular complexity index is 1290. The van der Waals surface area contributed by atoms with E-state index in [0.717, 1.165) is 17.3 Å². The number of rotatable bonds is 5. The van der Waals surface area contributed by atoms with E-state index in [0.29, 0.717) is 29.2 Å². The summed E-state index contributed by atoms with van der Waals surface area (Å²) in [6.07, 6.45) is -0.783. The van der Waals surface area contributed by atoms with Gasteiger partial charge in [0.15, 0.2) is 0 Å². The predicted molar refractivity (Wildman–Crippen MR) is 110 cm³/mol. The van der Waals surface area contributed by atoms with Crippen LogP contribution in [0.3, 0.4) is 0 Å². The molecule has 166 valence electrons. The summed E-state index contributed by atoms with van der Waals surface area (Å²) in [6.45, 7) is 2.68. The van der Waals surface area contributed by atoms with Gasteiger partial charge in [0.05, 0.1) is 23.1 Å². The van der Waals surface area contributed by atoms with Crippen LogP contribution in [-0.2, 0) is 12.7 Å². The molecule has 11 heteroatoms. The maximum absolute atomic E-state index is 12.8. The highest BCUT2D eigenvalue weighted by Gasteiger charge is 2.38. The molecular formula is C21H19F3N6O2. The van der Waals surface area contributed by atoms with Gasteiger partial charge in [0.25, 0.3) is 5.91 Å². The number of fused-ring (bicyclic) bond motifs is 1. The van der Waals surface area contributed by atoms with E-state index in [2.05, 4.69) is 24.6 Å². The lowest BCUT2D eigenvalue weighted by molar-refractivity contribution is -0.159. The van der Waals surface area contributed by atoms with Gasteiger partial charge in [-0.2, -0.15) is 18.2 Å². The fraction of sp³-hybridized carbons (Fsp3) is 0.286. The van der Waals surface area contributed by atoms with Gasteiger partial charge in [-0.3, -0.25) is 14.8 Å². The van der Waals surface area contributed by atoms with E-state index < -0.39 is 12.1 Å². The lowest BCUT2D eigenvalue weighted by Gasteiger charge is -2.13. The first-order valence-corrected chi connectivity index (χ1v) is 9.77. The summed E-state index contributed by atoms with van der Waals surface area (Å²) in [6, 6.07) is 6.61. The number of aromatic nitrogens is 5.